The molecule has 1 amide bonds. The average molecular weight is 323 g/mol. The highest BCUT2D eigenvalue weighted by molar-refractivity contribution is 6.30. The summed E-state index contributed by atoms with van der Waals surface area (Å²) in [6.07, 6.45) is 0.652. The Bertz CT molecular complexity index is 637. The molecule has 2 rings (SSSR count). The molecule has 0 fully saturated rings. The van der Waals surface area contributed by atoms with Gasteiger partial charge in [-0.05, 0) is 38.1 Å². The Labute approximate surface area is 134 Å². The van der Waals surface area contributed by atoms with E-state index in [2.05, 4.69) is 15.5 Å². The number of aromatic nitrogens is 2. The van der Waals surface area contributed by atoms with Crippen LogP contribution in [0.2, 0.25) is 5.02 Å². The lowest BCUT2D eigenvalue weighted by Gasteiger charge is -2.23. The fourth-order valence-electron chi connectivity index (χ4n) is 1.78. The zero-order chi connectivity index (χ0) is 16.2. The van der Waals surface area contributed by atoms with Crippen molar-refractivity contribution in [2.45, 2.75) is 32.2 Å². The molecule has 1 aromatic carbocycles. The third-order valence-electron chi connectivity index (χ3n) is 3.12. The van der Waals surface area contributed by atoms with Gasteiger partial charge in [0.25, 0.3) is 0 Å². The highest BCUT2D eigenvalue weighted by Crippen LogP contribution is 2.19. The van der Waals surface area contributed by atoms with Crippen LogP contribution in [-0.4, -0.2) is 28.1 Å². The lowest BCUT2D eigenvalue weighted by molar-refractivity contribution is -0.122. The molecule has 1 aromatic heterocycles. The molecular formula is C15H19ClN4O2. The first-order valence-electron chi connectivity index (χ1n) is 6.99. The van der Waals surface area contributed by atoms with Crippen LogP contribution >= 0.6 is 11.6 Å². The van der Waals surface area contributed by atoms with Crippen LogP contribution in [0.5, 0.6) is 0 Å². The summed E-state index contributed by atoms with van der Waals surface area (Å²) >= 11 is 5.84. The first-order valence-corrected chi connectivity index (χ1v) is 7.37. The van der Waals surface area contributed by atoms with E-state index < -0.39 is 5.54 Å². The van der Waals surface area contributed by atoms with Crippen LogP contribution < -0.4 is 11.1 Å². The second-order valence-corrected chi connectivity index (χ2v) is 6.09. The molecule has 22 heavy (non-hydrogen) atoms. The zero-order valence-corrected chi connectivity index (χ0v) is 13.4. The number of hydrogen-bond donors (Lipinski definition) is 2. The highest BCUT2D eigenvalue weighted by Gasteiger charge is 2.18. The minimum atomic E-state index is -0.416. The van der Waals surface area contributed by atoms with Gasteiger partial charge in [-0.2, -0.15) is 4.98 Å². The Hall–Kier alpha value is -1.92. The standard InChI is InChI=1S/C15H19ClN4O2/c1-15(2,9-17)19-12(21)7-8-13-18-14(20-22-13)10-3-5-11(16)6-4-10/h3-6H,7-9,17H2,1-2H3,(H,19,21). The molecule has 2 aromatic rings. The van der Waals surface area contributed by atoms with Gasteiger partial charge in [-0.3, -0.25) is 4.79 Å². The van der Waals surface area contributed by atoms with Crippen molar-refractivity contribution in [1.82, 2.24) is 15.5 Å². The normalized spacial score (nSPS) is 11.5. The average Bonchev–Trinajstić information content (AvgIpc) is 2.94. The molecule has 0 aliphatic rings. The number of nitrogens with zero attached hydrogens (tertiary/aromatic N) is 2. The molecule has 3 N–H and O–H groups in total. The van der Waals surface area contributed by atoms with Crippen molar-refractivity contribution in [3.8, 4) is 11.4 Å². The predicted molar refractivity (Wildman–Crippen MR) is 84.3 cm³/mol. The number of carbonyl (C=O) groups excluding carboxylic acids is 1. The molecular weight excluding hydrogens is 304 g/mol. The number of benzene rings is 1. The van der Waals surface area contributed by atoms with Crippen LogP contribution in [0.25, 0.3) is 11.4 Å². The van der Waals surface area contributed by atoms with Gasteiger partial charge in [-0.25, -0.2) is 0 Å². The van der Waals surface area contributed by atoms with Gasteiger partial charge in [-0.15, -0.1) is 0 Å². The van der Waals surface area contributed by atoms with Crippen molar-refractivity contribution in [2.75, 3.05) is 6.54 Å². The third kappa shape index (κ3) is 4.54. The van der Waals surface area contributed by atoms with Gasteiger partial charge in [0.2, 0.25) is 17.6 Å². The highest BCUT2D eigenvalue weighted by atomic mass is 35.5. The van der Waals surface area contributed by atoms with Crippen molar-refractivity contribution in [3.63, 3.8) is 0 Å². The lowest BCUT2D eigenvalue weighted by Crippen LogP contribution is -2.48. The molecule has 0 saturated heterocycles. The van der Waals surface area contributed by atoms with Gasteiger partial charge in [0, 0.05) is 35.5 Å². The second-order valence-electron chi connectivity index (χ2n) is 5.65. The topological polar surface area (TPSA) is 94.0 Å². The summed E-state index contributed by atoms with van der Waals surface area (Å²) in [5.74, 6) is 0.807. The summed E-state index contributed by atoms with van der Waals surface area (Å²) in [4.78, 5) is 16.1. The summed E-state index contributed by atoms with van der Waals surface area (Å²) in [7, 11) is 0. The second kappa shape index (κ2) is 6.89. The monoisotopic (exact) mass is 322 g/mol. The Morgan fingerprint density at radius 3 is 2.68 bits per heavy atom. The van der Waals surface area contributed by atoms with Crippen LogP contribution in [0.4, 0.5) is 0 Å². The van der Waals surface area contributed by atoms with Crippen molar-refractivity contribution in [3.05, 3.63) is 35.2 Å². The summed E-state index contributed by atoms with van der Waals surface area (Å²) in [5.41, 5.74) is 5.97. The van der Waals surface area contributed by atoms with Gasteiger partial charge in [-0.1, -0.05) is 16.8 Å². The largest absolute Gasteiger partial charge is 0.350 e. The number of rotatable bonds is 6. The maximum Gasteiger partial charge on any atom is 0.227 e. The van der Waals surface area contributed by atoms with E-state index in [-0.39, 0.29) is 12.3 Å². The maximum atomic E-state index is 11.8. The molecule has 0 radical (unpaired) electrons. The van der Waals surface area contributed by atoms with Gasteiger partial charge in [0.15, 0.2) is 0 Å². The summed E-state index contributed by atoms with van der Waals surface area (Å²) in [6.45, 7) is 4.12. The van der Waals surface area contributed by atoms with Gasteiger partial charge in [0.1, 0.15) is 0 Å². The first-order chi connectivity index (χ1) is 10.4. The number of aryl methyl sites for hydroxylation is 1. The first kappa shape index (κ1) is 16.5. The van der Waals surface area contributed by atoms with E-state index in [1.54, 1.807) is 12.1 Å². The van der Waals surface area contributed by atoms with E-state index in [1.165, 1.54) is 0 Å². The summed E-state index contributed by atoms with van der Waals surface area (Å²) in [6, 6.07) is 7.14. The molecule has 118 valence electrons. The number of halogens is 1. The van der Waals surface area contributed by atoms with Crippen molar-refractivity contribution >= 4 is 17.5 Å². The van der Waals surface area contributed by atoms with Crippen molar-refractivity contribution in [1.29, 1.82) is 0 Å². The number of nitrogens with one attached hydrogen (secondary N) is 1. The van der Waals surface area contributed by atoms with Crippen LogP contribution in [0.1, 0.15) is 26.2 Å². The van der Waals surface area contributed by atoms with E-state index in [4.69, 9.17) is 21.9 Å². The van der Waals surface area contributed by atoms with E-state index in [0.717, 1.165) is 5.56 Å². The number of carbonyl (C=O) groups is 1. The maximum absolute atomic E-state index is 11.8. The molecule has 1 heterocycles. The minimum absolute atomic E-state index is 0.0957. The van der Waals surface area contributed by atoms with E-state index in [0.29, 0.717) is 29.7 Å². The molecule has 7 heteroatoms. The SMILES string of the molecule is CC(C)(CN)NC(=O)CCc1nc(-c2ccc(Cl)cc2)no1. The number of amides is 1. The van der Waals surface area contributed by atoms with Crippen LogP contribution in [0.3, 0.4) is 0 Å². The molecule has 0 atom stereocenters. The van der Waals surface area contributed by atoms with Crippen LogP contribution in [0.15, 0.2) is 28.8 Å². The van der Waals surface area contributed by atoms with Crippen LogP contribution in [0, 0.1) is 0 Å². The van der Waals surface area contributed by atoms with Gasteiger partial charge < -0.3 is 15.6 Å². The Morgan fingerprint density at radius 2 is 2.05 bits per heavy atom. The molecule has 0 bridgehead atoms. The van der Waals surface area contributed by atoms with Crippen molar-refractivity contribution < 1.29 is 9.32 Å². The third-order valence-corrected chi connectivity index (χ3v) is 3.38. The summed E-state index contributed by atoms with van der Waals surface area (Å²) < 4.78 is 5.16. The quantitative estimate of drug-likeness (QED) is 0.850. The molecule has 0 aliphatic carbocycles. The van der Waals surface area contributed by atoms with Crippen LogP contribution in [-0.2, 0) is 11.2 Å². The number of hydrogen-bond acceptors (Lipinski definition) is 5. The van der Waals surface area contributed by atoms with Crippen molar-refractivity contribution in [2.24, 2.45) is 5.73 Å². The van der Waals surface area contributed by atoms with Gasteiger partial charge >= 0.3 is 0 Å². The fraction of sp³-hybridized carbons (Fsp3) is 0.400. The molecule has 0 unspecified atom stereocenters. The van der Waals surface area contributed by atoms with E-state index in [1.807, 2.05) is 26.0 Å². The molecule has 0 spiro atoms. The van der Waals surface area contributed by atoms with E-state index >= 15 is 0 Å². The Morgan fingerprint density at radius 1 is 1.36 bits per heavy atom. The smallest absolute Gasteiger partial charge is 0.227 e. The lowest BCUT2D eigenvalue weighted by atomic mass is 10.1. The molecule has 0 aliphatic heterocycles. The fourth-order valence-corrected chi connectivity index (χ4v) is 1.91. The molecule has 6 nitrogen and oxygen atoms in total. The predicted octanol–water partition coefficient (Wildman–Crippen LogP) is 2.18. The number of nitrogens with two attached hydrogens (primary N) is 1. The van der Waals surface area contributed by atoms with E-state index in [9.17, 15) is 4.79 Å². The van der Waals surface area contributed by atoms with Gasteiger partial charge in [0.05, 0.1) is 0 Å². The summed E-state index contributed by atoms with van der Waals surface area (Å²) in [5, 5.41) is 7.40. The zero-order valence-electron chi connectivity index (χ0n) is 12.6. The Kier molecular flexibility index (Phi) is 5.15. The molecule has 0 saturated carbocycles. The Balaban J connectivity index is 1.92. The minimum Gasteiger partial charge on any atom is -0.350 e.